The molecular weight excluding hydrogens is 1080 g/mol. The van der Waals surface area contributed by atoms with E-state index in [1.807, 2.05) is 40.2 Å². The molecule has 0 spiro atoms. The number of nitrogens with zero attached hydrogens (tertiary/aromatic N) is 1. The molecule has 74 heavy (non-hydrogen) atoms. The van der Waals surface area contributed by atoms with Gasteiger partial charge in [-0.3, -0.25) is 0 Å². The summed E-state index contributed by atoms with van der Waals surface area (Å²) in [7, 11) is -5.83. The zero-order valence-electron chi connectivity index (χ0n) is 47.0. The van der Waals surface area contributed by atoms with Crippen molar-refractivity contribution >= 4 is 72.1 Å². The molecule has 2 aliphatic rings. The fourth-order valence-corrected chi connectivity index (χ4v) is 12.0. The molecule has 2 aromatic rings. The van der Waals surface area contributed by atoms with Gasteiger partial charge < -0.3 is 37.6 Å². The number of carbonyl (C=O) groups is 2. The van der Waals surface area contributed by atoms with Gasteiger partial charge in [-0.15, -0.1) is 0 Å². The Hall–Kier alpha value is -2.90. The summed E-state index contributed by atoms with van der Waals surface area (Å²) in [5.74, 6) is 1.86. The predicted octanol–water partition coefficient (Wildman–Crippen LogP) is 12.3. The molecule has 2 aromatic carbocycles. The lowest BCUT2D eigenvalue weighted by Gasteiger charge is -2.23. The summed E-state index contributed by atoms with van der Waals surface area (Å²) in [4.78, 5) is 25.2. The third kappa shape index (κ3) is 24.2. The van der Waals surface area contributed by atoms with E-state index in [0.717, 1.165) is 88.5 Å². The number of fused-ring (bicyclic) bond motifs is 2. The fraction of sp³-hybridized carbons (Fsp3) is 0.654. The van der Waals surface area contributed by atoms with Crippen LogP contribution in [0.4, 0.5) is 0 Å². The number of sulfonamides is 1. The van der Waals surface area contributed by atoms with Crippen molar-refractivity contribution in [1.29, 1.82) is 0 Å². The van der Waals surface area contributed by atoms with Gasteiger partial charge >= 0.3 is 11.9 Å². The summed E-state index contributed by atoms with van der Waals surface area (Å²) in [5, 5.41) is 0. The lowest BCUT2D eigenvalue weighted by molar-refractivity contribution is 0.0522. The van der Waals surface area contributed by atoms with Crippen LogP contribution >= 0.6 is 25.0 Å². The van der Waals surface area contributed by atoms with Crippen LogP contribution < -0.4 is 18.9 Å². The highest BCUT2D eigenvalue weighted by Gasteiger charge is 2.35. The summed E-state index contributed by atoms with van der Waals surface area (Å²) < 4.78 is 104. The van der Waals surface area contributed by atoms with E-state index >= 15 is 0 Å². The lowest BCUT2D eigenvalue weighted by Crippen LogP contribution is -2.34. The minimum Gasteiger partial charge on any atom is -0.496 e. The van der Waals surface area contributed by atoms with E-state index in [1.165, 1.54) is 16.1 Å². The fourth-order valence-electron chi connectivity index (χ4n) is 7.87. The molecular formula is C52H90ClNO14P2S2Si2. The number of ether oxygens (including phenoxy) is 6. The molecule has 0 saturated carbocycles. The molecule has 0 fully saturated rings. The van der Waals surface area contributed by atoms with Gasteiger partial charge in [0.2, 0.25) is 19.1 Å². The largest absolute Gasteiger partial charge is 0.496 e. The smallest absolute Gasteiger partial charge is 0.342 e. The van der Waals surface area contributed by atoms with Crippen molar-refractivity contribution in [2.75, 3.05) is 92.0 Å². The molecule has 2 heterocycles. The number of allylic oxidation sites excluding steroid dienone is 3. The molecule has 4 rings (SSSR count). The number of hydrogen-bond donors (Lipinski definition) is 0. The molecule has 2 aliphatic heterocycles. The van der Waals surface area contributed by atoms with Gasteiger partial charge in [-0.25, -0.2) is 26.4 Å². The highest BCUT2D eigenvalue weighted by Crippen LogP contribution is 2.45. The second-order valence-electron chi connectivity index (χ2n) is 22.4. The van der Waals surface area contributed by atoms with E-state index in [1.54, 1.807) is 27.5 Å². The molecule has 0 atom stereocenters. The Morgan fingerprint density at radius 2 is 1.05 bits per heavy atom. The van der Waals surface area contributed by atoms with Crippen molar-refractivity contribution < 1.29 is 64.0 Å². The number of methoxy groups -OCH3 is 2. The highest BCUT2D eigenvalue weighted by molar-refractivity contribution is 8.13. The van der Waals surface area contributed by atoms with Crippen LogP contribution in [0.5, 0.6) is 23.0 Å². The van der Waals surface area contributed by atoms with Crippen LogP contribution in [0.2, 0.25) is 51.4 Å². The van der Waals surface area contributed by atoms with Gasteiger partial charge in [0.1, 0.15) is 47.3 Å². The van der Waals surface area contributed by atoms with Crippen molar-refractivity contribution in [2.45, 2.75) is 132 Å². The quantitative estimate of drug-likeness (QED) is 0.0227. The van der Waals surface area contributed by atoms with E-state index in [9.17, 15) is 35.6 Å². The topological polar surface area (TPSA) is 195 Å². The molecule has 15 nitrogen and oxygen atoms in total. The van der Waals surface area contributed by atoms with Crippen LogP contribution in [-0.4, -0.2) is 141 Å². The molecule has 0 saturated heterocycles. The first-order valence-electron chi connectivity index (χ1n) is 24.6. The number of hydrogen-bond acceptors (Lipinski definition) is 14. The number of carbonyl (C=O) groups excluding carboxylic acids is 2. The molecule has 0 bridgehead atoms. The molecule has 0 aromatic heterocycles. The van der Waals surface area contributed by atoms with Crippen LogP contribution in [0.1, 0.15) is 94.6 Å². The minimum absolute atomic E-state index is 0. The maximum Gasteiger partial charge on any atom is 0.342 e. The Morgan fingerprint density at radius 3 is 1.39 bits per heavy atom. The zero-order valence-corrected chi connectivity index (χ0v) is 53.2. The molecule has 0 amide bonds. The molecule has 424 valence electrons. The monoisotopic (exact) mass is 1170 g/mol. The zero-order chi connectivity index (χ0) is 56.1. The van der Waals surface area contributed by atoms with Gasteiger partial charge in [0.05, 0.1) is 54.2 Å². The molecule has 0 N–H and O–H groups in total. The maximum atomic E-state index is 12.7. The van der Waals surface area contributed by atoms with Gasteiger partial charge in [0, 0.05) is 74.5 Å². The summed E-state index contributed by atoms with van der Waals surface area (Å²) in [5.41, 5.74) is 8.28. The summed E-state index contributed by atoms with van der Waals surface area (Å²) in [6.45, 7) is 30.6. The molecule has 0 aliphatic carbocycles. The highest BCUT2D eigenvalue weighted by atomic mass is 35.7. The minimum atomic E-state index is -3.47. The standard InChI is InChI=1S/C25H42NO7PSSi.C25H41O5PSi.CH3ClO2S.CH4/c1-18(16-26(35(6,29)30)12-14-34(4,5)28)10-11-20-23(31-3)19(2)21-17-33-25(27)22(21)24(20)32-13-15-36(7,8)9;1-18(11-9-10-15-31(4,5)27)12-13-20-23(28-3)19(2)21-17-30-25(26)22(21)24(20)29-14-16-32(6,7)8;1-5(2,3)4;/h10H,11-17H2,1-9H3;12H,9-11,13-17H2,1-8H3;1H3;1H4/b18-10+;18-12+;;. The Labute approximate surface area is 452 Å². The van der Waals surface area contributed by atoms with Gasteiger partial charge in [0.25, 0.3) is 0 Å². The second-order valence-corrected chi connectivity index (χ2v) is 45.9. The Balaban J connectivity index is 0.000000672. The molecule has 0 unspecified atom stereocenters. The third-order valence-electron chi connectivity index (χ3n) is 12.1. The van der Waals surface area contributed by atoms with Gasteiger partial charge in [-0.2, -0.15) is 4.31 Å². The van der Waals surface area contributed by atoms with E-state index < -0.39 is 55.5 Å². The average molecular weight is 1170 g/mol. The first kappa shape index (κ1) is 69.1. The van der Waals surface area contributed by atoms with Crippen LogP contribution in [0, 0.1) is 13.8 Å². The normalized spacial score (nSPS) is 14.2. The number of esters is 2. The number of rotatable bonds is 25. The Bertz CT molecular complexity index is 2660. The second kappa shape index (κ2) is 29.2. The molecule has 0 radical (unpaired) electrons. The van der Waals surface area contributed by atoms with Gasteiger partial charge in [0.15, 0.2) is 0 Å². The van der Waals surface area contributed by atoms with Gasteiger partial charge in [-0.05, 0) is 110 Å². The van der Waals surface area contributed by atoms with E-state index in [2.05, 4.69) is 63.0 Å². The van der Waals surface area contributed by atoms with E-state index in [-0.39, 0.29) is 39.7 Å². The van der Waals surface area contributed by atoms with Crippen molar-refractivity contribution in [3.8, 4) is 23.0 Å². The summed E-state index contributed by atoms with van der Waals surface area (Å²) in [6, 6.07) is 1.95. The summed E-state index contributed by atoms with van der Waals surface area (Å²) >= 11 is 0. The average Bonchev–Trinajstić information content (AvgIpc) is 3.81. The first-order valence-corrected chi connectivity index (χ1v) is 42.1. The van der Waals surface area contributed by atoms with Crippen LogP contribution in [0.3, 0.4) is 0 Å². The summed E-state index contributed by atoms with van der Waals surface area (Å²) in [6.07, 6.45) is 11.4. The van der Waals surface area contributed by atoms with Crippen LogP contribution in [0.15, 0.2) is 23.3 Å². The Kier molecular flexibility index (Phi) is 27.3. The first-order chi connectivity index (χ1) is 33.3. The van der Waals surface area contributed by atoms with Crippen LogP contribution in [0.25, 0.3) is 0 Å². The van der Waals surface area contributed by atoms with Crippen molar-refractivity contribution in [2.24, 2.45) is 0 Å². The number of unbranched alkanes of at least 4 members (excludes halogenated alkanes) is 1. The third-order valence-corrected chi connectivity index (χ3v) is 19.4. The number of cyclic esters (lactones) is 2. The number of benzene rings is 2. The molecule has 22 heteroatoms. The maximum absolute atomic E-state index is 12.7. The number of halogens is 1. The predicted molar refractivity (Wildman–Crippen MR) is 312 cm³/mol. The van der Waals surface area contributed by atoms with E-state index in [0.29, 0.717) is 60.6 Å². The van der Waals surface area contributed by atoms with Crippen molar-refractivity contribution in [1.82, 2.24) is 4.31 Å². The Morgan fingerprint density at radius 1 is 0.676 bits per heavy atom. The van der Waals surface area contributed by atoms with Crippen molar-refractivity contribution in [3.63, 3.8) is 0 Å². The van der Waals surface area contributed by atoms with E-state index in [4.69, 9.17) is 28.4 Å². The SMILES string of the molecule is C.COc1c(C)c2c(c(OCC[Si](C)(C)C)c1C/C=C(\C)CCCCP(C)(C)=O)C(=O)OC2.COc1c(C)c2c(c(OCC[Si](C)(C)C)c1C/C=C(\C)CN(CCP(C)(C)=O)S(C)(=O)=O)C(=O)OC2.CS(=O)(=O)Cl. The van der Waals surface area contributed by atoms with Crippen molar-refractivity contribution in [3.05, 3.63) is 67.8 Å². The lowest BCUT2D eigenvalue weighted by atomic mass is 9.94. The van der Waals surface area contributed by atoms with Crippen LogP contribution in [-0.2, 0) is 63.7 Å². The van der Waals surface area contributed by atoms with Gasteiger partial charge in [-0.1, -0.05) is 70.0 Å².